The van der Waals surface area contributed by atoms with Crippen LogP contribution in [0.25, 0.3) is 0 Å². The predicted molar refractivity (Wildman–Crippen MR) is 39.1 cm³/mol. The summed E-state index contributed by atoms with van der Waals surface area (Å²) in [6, 6.07) is 0.328. The van der Waals surface area contributed by atoms with Crippen LogP contribution in [0.3, 0.4) is 0 Å². The molecule has 4 nitrogen and oxygen atoms in total. The molecule has 2 aliphatic heterocycles. The van der Waals surface area contributed by atoms with E-state index in [0.29, 0.717) is 6.54 Å². The van der Waals surface area contributed by atoms with E-state index in [9.17, 15) is 9.90 Å². The van der Waals surface area contributed by atoms with Crippen LogP contribution in [0.1, 0.15) is 6.42 Å². The fourth-order valence-corrected chi connectivity index (χ4v) is 1.91. The number of amides is 2. The van der Waals surface area contributed by atoms with Gasteiger partial charge in [-0.1, -0.05) is 0 Å². The van der Waals surface area contributed by atoms with Crippen molar-refractivity contribution in [2.75, 3.05) is 20.1 Å². The van der Waals surface area contributed by atoms with Crippen LogP contribution in [-0.4, -0.2) is 53.2 Å². The van der Waals surface area contributed by atoms with Crippen molar-refractivity contribution in [1.82, 2.24) is 9.80 Å². The first-order chi connectivity index (χ1) is 5.18. The third kappa shape index (κ3) is 0.894. The van der Waals surface area contributed by atoms with E-state index in [0.717, 1.165) is 13.0 Å². The molecule has 1 N–H and O–H groups in total. The number of hydrogen-bond donors (Lipinski definition) is 1. The maximum absolute atomic E-state index is 11.3. The highest BCUT2D eigenvalue weighted by molar-refractivity contribution is 5.77. The molecule has 0 aromatic rings. The number of hydrogen-bond acceptors (Lipinski definition) is 2. The molecule has 2 rings (SSSR count). The summed E-state index contributed by atoms with van der Waals surface area (Å²) in [6.07, 6.45) is 0.452. The minimum Gasteiger partial charge on any atom is -0.391 e. The Hall–Kier alpha value is -0.770. The van der Waals surface area contributed by atoms with Gasteiger partial charge in [-0.05, 0) is 6.42 Å². The van der Waals surface area contributed by atoms with Gasteiger partial charge in [-0.2, -0.15) is 0 Å². The minimum absolute atomic E-state index is 0.0616. The topological polar surface area (TPSA) is 43.8 Å². The quantitative estimate of drug-likeness (QED) is 0.513. The van der Waals surface area contributed by atoms with Gasteiger partial charge in [-0.25, -0.2) is 4.79 Å². The van der Waals surface area contributed by atoms with Crippen molar-refractivity contribution in [3.8, 4) is 0 Å². The lowest BCUT2D eigenvalue weighted by Crippen LogP contribution is -2.31. The summed E-state index contributed by atoms with van der Waals surface area (Å²) in [5.41, 5.74) is 0. The number of fused-ring (bicyclic) bond motifs is 1. The average Bonchev–Trinajstić information content (AvgIpc) is 2.37. The lowest BCUT2D eigenvalue weighted by Gasteiger charge is -2.12. The van der Waals surface area contributed by atoms with Gasteiger partial charge >= 0.3 is 6.03 Å². The van der Waals surface area contributed by atoms with E-state index in [4.69, 9.17) is 0 Å². The number of nitrogens with zero attached hydrogens (tertiary/aromatic N) is 2. The molecule has 2 saturated heterocycles. The summed E-state index contributed by atoms with van der Waals surface area (Å²) in [5, 5.41) is 9.23. The van der Waals surface area contributed by atoms with Crippen molar-refractivity contribution in [3.05, 3.63) is 0 Å². The van der Waals surface area contributed by atoms with Gasteiger partial charge in [0.2, 0.25) is 0 Å². The lowest BCUT2D eigenvalue weighted by molar-refractivity contribution is 0.164. The maximum Gasteiger partial charge on any atom is 0.320 e. The van der Waals surface area contributed by atoms with Crippen molar-refractivity contribution < 1.29 is 9.90 Å². The Labute approximate surface area is 65.4 Å². The molecule has 0 bridgehead atoms. The molecule has 0 unspecified atom stereocenters. The highest BCUT2D eigenvalue weighted by Crippen LogP contribution is 2.24. The molecular formula is C7H12N2O2. The second-order valence-corrected chi connectivity index (χ2v) is 3.36. The first-order valence-corrected chi connectivity index (χ1v) is 3.88. The fourth-order valence-electron chi connectivity index (χ4n) is 1.91. The highest BCUT2D eigenvalue weighted by Gasteiger charge is 2.41. The van der Waals surface area contributed by atoms with E-state index in [-0.39, 0.29) is 18.2 Å². The molecule has 0 saturated carbocycles. The highest BCUT2D eigenvalue weighted by atomic mass is 16.3. The number of likely N-dealkylation sites (N-methyl/N-ethyl adjacent to an activating group) is 1. The van der Waals surface area contributed by atoms with E-state index in [2.05, 4.69) is 0 Å². The first-order valence-electron chi connectivity index (χ1n) is 3.88. The third-order valence-corrected chi connectivity index (χ3v) is 2.45. The monoisotopic (exact) mass is 156 g/mol. The van der Waals surface area contributed by atoms with Crippen LogP contribution in [0, 0.1) is 0 Å². The minimum atomic E-state index is -0.294. The second-order valence-electron chi connectivity index (χ2n) is 3.36. The molecule has 62 valence electrons. The summed E-state index contributed by atoms with van der Waals surface area (Å²) >= 11 is 0. The Morgan fingerprint density at radius 2 is 2.27 bits per heavy atom. The predicted octanol–water partition coefficient (Wildman–Crippen LogP) is -0.513. The van der Waals surface area contributed by atoms with Crippen LogP contribution in [-0.2, 0) is 0 Å². The number of carbonyl (C=O) groups is 1. The van der Waals surface area contributed by atoms with E-state index >= 15 is 0 Å². The molecule has 2 atom stereocenters. The molecule has 2 fully saturated rings. The average molecular weight is 156 g/mol. The summed E-state index contributed by atoms with van der Waals surface area (Å²) in [4.78, 5) is 14.7. The Bertz CT molecular complexity index is 195. The van der Waals surface area contributed by atoms with Crippen LogP contribution in [0.5, 0.6) is 0 Å². The van der Waals surface area contributed by atoms with Gasteiger partial charge in [0.15, 0.2) is 0 Å². The van der Waals surface area contributed by atoms with Crippen molar-refractivity contribution in [3.63, 3.8) is 0 Å². The first kappa shape index (κ1) is 6.91. The summed E-state index contributed by atoms with van der Waals surface area (Å²) in [7, 11) is 1.80. The van der Waals surface area contributed by atoms with Gasteiger partial charge in [-0.3, -0.25) is 0 Å². The van der Waals surface area contributed by atoms with E-state index in [1.165, 1.54) is 0 Å². The van der Waals surface area contributed by atoms with Gasteiger partial charge in [0, 0.05) is 20.1 Å². The molecule has 4 heteroatoms. The zero-order valence-corrected chi connectivity index (χ0v) is 6.53. The summed E-state index contributed by atoms with van der Waals surface area (Å²) in [5.74, 6) is 0. The number of carbonyl (C=O) groups excluding carboxylic acids is 1. The summed E-state index contributed by atoms with van der Waals surface area (Å²) < 4.78 is 0. The van der Waals surface area contributed by atoms with Crippen LogP contribution < -0.4 is 0 Å². The largest absolute Gasteiger partial charge is 0.391 e. The van der Waals surface area contributed by atoms with Crippen LogP contribution >= 0.6 is 0 Å². The Kier molecular flexibility index (Phi) is 1.32. The fraction of sp³-hybridized carbons (Fsp3) is 0.857. The lowest BCUT2D eigenvalue weighted by atomic mass is 10.2. The molecular weight excluding hydrogens is 144 g/mol. The smallest absolute Gasteiger partial charge is 0.320 e. The maximum atomic E-state index is 11.3. The second kappa shape index (κ2) is 2.11. The molecule has 0 aliphatic carbocycles. The van der Waals surface area contributed by atoms with E-state index in [1.807, 2.05) is 0 Å². The standard InChI is InChI=1S/C7H12N2O2/c1-8-3-5-2-6(10)4-9(5)7(8)11/h5-6,10H,2-4H2,1H3/t5-,6+/m0/s1. The van der Waals surface area contributed by atoms with Gasteiger partial charge in [0.1, 0.15) is 0 Å². The van der Waals surface area contributed by atoms with Gasteiger partial charge in [-0.15, -0.1) is 0 Å². The molecule has 2 heterocycles. The van der Waals surface area contributed by atoms with Crippen molar-refractivity contribution in [2.45, 2.75) is 18.6 Å². The molecule has 2 aliphatic rings. The van der Waals surface area contributed by atoms with Crippen molar-refractivity contribution in [2.24, 2.45) is 0 Å². The zero-order chi connectivity index (χ0) is 8.01. The van der Waals surface area contributed by atoms with Crippen molar-refractivity contribution in [1.29, 1.82) is 0 Å². The molecule has 11 heavy (non-hydrogen) atoms. The van der Waals surface area contributed by atoms with Crippen LogP contribution in [0.15, 0.2) is 0 Å². The Morgan fingerprint density at radius 3 is 2.91 bits per heavy atom. The molecule has 0 aromatic heterocycles. The zero-order valence-electron chi connectivity index (χ0n) is 6.53. The summed E-state index contributed by atoms with van der Waals surface area (Å²) in [6.45, 7) is 1.30. The van der Waals surface area contributed by atoms with Gasteiger partial charge in [0.25, 0.3) is 0 Å². The van der Waals surface area contributed by atoms with Gasteiger partial charge < -0.3 is 14.9 Å². The molecule has 2 amide bonds. The van der Waals surface area contributed by atoms with E-state index in [1.54, 1.807) is 16.8 Å². The SMILES string of the molecule is CN1C[C@@H]2C[C@@H](O)CN2C1=O. The number of aliphatic hydroxyl groups is 1. The normalized spacial score (nSPS) is 36.7. The third-order valence-electron chi connectivity index (χ3n) is 2.45. The molecule has 0 aromatic carbocycles. The Balaban J connectivity index is 2.13. The number of urea groups is 1. The number of aliphatic hydroxyl groups excluding tert-OH is 1. The van der Waals surface area contributed by atoms with Crippen LogP contribution in [0.2, 0.25) is 0 Å². The molecule has 0 radical (unpaired) electrons. The Morgan fingerprint density at radius 1 is 1.55 bits per heavy atom. The van der Waals surface area contributed by atoms with Crippen molar-refractivity contribution >= 4 is 6.03 Å². The van der Waals surface area contributed by atoms with E-state index < -0.39 is 0 Å². The van der Waals surface area contributed by atoms with Gasteiger partial charge in [0.05, 0.1) is 12.1 Å². The van der Waals surface area contributed by atoms with Crippen LogP contribution in [0.4, 0.5) is 4.79 Å². The number of rotatable bonds is 0. The molecule has 0 spiro atoms.